The van der Waals surface area contributed by atoms with Gasteiger partial charge in [-0.15, -0.1) is 0 Å². The van der Waals surface area contributed by atoms with Gasteiger partial charge in [-0.2, -0.15) is 5.10 Å². The van der Waals surface area contributed by atoms with E-state index in [-0.39, 0.29) is 17.6 Å². The number of carbonyl (C=O) groups is 2. The second-order valence-electron chi connectivity index (χ2n) is 8.61. The van der Waals surface area contributed by atoms with Crippen molar-refractivity contribution in [3.05, 3.63) is 83.4 Å². The van der Waals surface area contributed by atoms with E-state index in [4.69, 9.17) is 0 Å². The molecule has 0 spiro atoms. The minimum Gasteiger partial charge on any atom is -0.368 e. The quantitative estimate of drug-likeness (QED) is 0.620. The van der Waals surface area contributed by atoms with Crippen LogP contribution in [0, 0.1) is 5.82 Å². The molecule has 0 N–H and O–H groups in total. The molecular weight excluding hydrogens is 421 g/mol. The predicted octanol–water partition coefficient (Wildman–Crippen LogP) is 2.65. The Morgan fingerprint density at radius 2 is 1.64 bits per heavy atom. The van der Waals surface area contributed by atoms with E-state index >= 15 is 0 Å². The molecule has 8 heteroatoms. The maximum absolute atomic E-state index is 13.6. The number of aryl methyl sites for hydroxylation is 1. The van der Waals surface area contributed by atoms with E-state index in [2.05, 4.69) is 10.00 Å². The Morgan fingerprint density at radius 1 is 0.939 bits per heavy atom. The minimum absolute atomic E-state index is 0.000678. The molecule has 0 saturated carbocycles. The predicted molar refractivity (Wildman–Crippen MR) is 122 cm³/mol. The molecule has 1 atom stereocenters. The fourth-order valence-corrected chi connectivity index (χ4v) is 4.72. The second-order valence-corrected chi connectivity index (χ2v) is 8.61. The van der Waals surface area contributed by atoms with E-state index in [1.165, 1.54) is 12.1 Å². The molecule has 1 aromatic heterocycles. The van der Waals surface area contributed by atoms with E-state index in [1.807, 2.05) is 36.3 Å². The Labute approximate surface area is 192 Å². The molecule has 3 aromatic rings. The number of fused-ring (bicyclic) bond motifs is 1. The Bertz CT molecular complexity index is 1150. The minimum atomic E-state index is -0.486. The summed E-state index contributed by atoms with van der Waals surface area (Å²) in [6.07, 6.45) is 1.90. The number of halogens is 1. The van der Waals surface area contributed by atoms with Crippen LogP contribution in [0.15, 0.2) is 60.8 Å². The Morgan fingerprint density at radius 3 is 2.33 bits per heavy atom. The smallest absolute Gasteiger partial charge is 0.254 e. The normalized spacial score (nSPS) is 18.2. The highest BCUT2D eigenvalue weighted by Gasteiger charge is 2.38. The number of nitrogens with zero attached hydrogens (tertiary/aromatic N) is 5. The Kier molecular flexibility index (Phi) is 5.58. The molecule has 2 aliphatic rings. The fraction of sp³-hybridized carbons (Fsp3) is 0.320. The molecule has 2 amide bonds. The number of carbonyl (C=O) groups excluding carboxylic acids is 2. The van der Waals surface area contributed by atoms with Crippen LogP contribution in [0.4, 0.5) is 10.1 Å². The van der Waals surface area contributed by atoms with Gasteiger partial charge in [0.15, 0.2) is 0 Å². The second kappa shape index (κ2) is 8.69. The number of aromatic nitrogens is 2. The van der Waals surface area contributed by atoms with Gasteiger partial charge in [-0.1, -0.05) is 18.2 Å². The van der Waals surface area contributed by atoms with Gasteiger partial charge >= 0.3 is 0 Å². The van der Waals surface area contributed by atoms with Crippen molar-refractivity contribution in [3.63, 3.8) is 0 Å². The molecule has 170 valence electrons. The summed E-state index contributed by atoms with van der Waals surface area (Å²) < 4.78 is 15.0. The number of benzene rings is 2. The van der Waals surface area contributed by atoms with Crippen molar-refractivity contribution >= 4 is 17.5 Å². The number of hydrogen-bond acceptors (Lipinski definition) is 4. The van der Waals surface area contributed by atoms with Gasteiger partial charge < -0.3 is 14.7 Å². The van der Waals surface area contributed by atoms with Gasteiger partial charge in [0.05, 0.1) is 5.69 Å². The van der Waals surface area contributed by atoms with Crippen molar-refractivity contribution in [1.82, 2.24) is 19.6 Å². The first kappa shape index (κ1) is 21.2. The summed E-state index contributed by atoms with van der Waals surface area (Å²) in [5.41, 5.74) is 3.24. The van der Waals surface area contributed by atoms with Crippen molar-refractivity contribution in [2.45, 2.75) is 12.5 Å². The van der Waals surface area contributed by atoms with E-state index in [0.29, 0.717) is 44.8 Å². The van der Waals surface area contributed by atoms with Crippen molar-refractivity contribution in [2.24, 2.45) is 7.05 Å². The van der Waals surface area contributed by atoms with E-state index in [9.17, 15) is 14.0 Å². The van der Waals surface area contributed by atoms with E-state index < -0.39 is 5.92 Å². The summed E-state index contributed by atoms with van der Waals surface area (Å²) in [6.45, 7) is 3.24. The van der Waals surface area contributed by atoms with Crippen LogP contribution in [-0.4, -0.2) is 64.1 Å². The summed E-state index contributed by atoms with van der Waals surface area (Å²) in [6, 6.07) is 15.6. The first-order valence-electron chi connectivity index (χ1n) is 11.2. The van der Waals surface area contributed by atoms with Crippen LogP contribution in [0.2, 0.25) is 0 Å². The highest BCUT2D eigenvalue weighted by molar-refractivity contribution is 5.95. The summed E-state index contributed by atoms with van der Waals surface area (Å²) >= 11 is 0. The summed E-state index contributed by atoms with van der Waals surface area (Å²) in [4.78, 5) is 32.5. The lowest BCUT2D eigenvalue weighted by atomic mass is 9.94. The SMILES string of the molecule is Cn1cc2c(n1)[C@@H](C(=O)N1CCN(c3ccc(F)cc3)CC1)CN(C(=O)c1ccccc1)C2. The van der Waals surface area contributed by atoms with E-state index in [0.717, 1.165) is 16.9 Å². The fourth-order valence-electron chi connectivity index (χ4n) is 4.72. The van der Waals surface area contributed by atoms with Gasteiger partial charge in [-0.25, -0.2) is 4.39 Å². The molecule has 0 unspecified atom stereocenters. The average molecular weight is 448 g/mol. The molecular formula is C25H26FN5O2. The molecule has 2 aliphatic heterocycles. The standard InChI is InChI=1S/C25H26FN5O2/c1-28-15-19-16-31(24(32)18-5-3-2-4-6-18)17-22(23(19)27-28)25(33)30-13-11-29(12-14-30)21-9-7-20(26)8-10-21/h2-10,15,22H,11-14,16-17H2,1H3/t22-/m0/s1. The lowest BCUT2D eigenvalue weighted by Crippen LogP contribution is -2.52. The van der Waals surface area contributed by atoms with Gasteiger partial charge in [0.2, 0.25) is 5.91 Å². The summed E-state index contributed by atoms with van der Waals surface area (Å²) in [5.74, 6) is -0.825. The molecule has 0 radical (unpaired) electrons. The molecule has 1 saturated heterocycles. The molecule has 33 heavy (non-hydrogen) atoms. The van der Waals surface area contributed by atoms with Crippen LogP contribution >= 0.6 is 0 Å². The zero-order valence-corrected chi connectivity index (χ0v) is 18.5. The van der Waals surface area contributed by atoms with Crippen molar-refractivity contribution in [2.75, 3.05) is 37.6 Å². The third-order valence-corrected chi connectivity index (χ3v) is 6.42. The lowest BCUT2D eigenvalue weighted by molar-refractivity contribution is -0.133. The zero-order chi connectivity index (χ0) is 22.9. The van der Waals surface area contributed by atoms with Gasteiger partial charge in [0.25, 0.3) is 5.91 Å². The van der Waals surface area contributed by atoms with Crippen LogP contribution in [0.1, 0.15) is 27.5 Å². The third-order valence-electron chi connectivity index (χ3n) is 6.42. The van der Waals surface area contributed by atoms with Gasteiger partial charge in [0, 0.05) is 69.3 Å². The maximum atomic E-state index is 13.6. The Hall–Kier alpha value is -3.68. The van der Waals surface area contributed by atoms with Crippen LogP contribution in [0.5, 0.6) is 0 Å². The molecule has 5 rings (SSSR count). The number of hydrogen-bond donors (Lipinski definition) is 0. The lowest BCUT2D eigenvalue weighted by Gasteiger charge is -2.39. The molecule has 1 fully saturated rings. The van der Waals surface area contributed by atoms with Crippen LogP contribution < -0.4 is 4.90 Å². The topological polar surface area (TPSA) is 61.7 Å². The van der Waals surface area contributed by atoms with Crippen LogP contribution in [0.25, 0.3) is 0 Å². The van der Waals surface area contributed by atoms with Crippen molar-refractivity contribution < 1.29 is 14.0 Å². The molecule has 3 heterocycles. The molecule has 0 bridgehead atoms. The van der Waals surface area contributed by atoms with Gasteiger partial charge in [0.1, 0.15) is 11.7 Å². The first-order valence-corrected chi connectivity index (χ1v) is 11.2. The molecule has 2 aromatic carbocycles. The molecule has 0 aliphatic carbocycles. The van der Waals surface area contributed by atoms with Gasteiger partial charge in [-0.3, -0.25) is 14.3 Å². The summed E-state index contributed by atoms with van der Waals surface area (Å²) in [7, 11) is 1.84. The number of piperazine rings is 1. The highest BCUT2D eigenvalue weighted by atomic mass is 19.1. The average Bonchev–Trinajstić information content (AvgIpc) is 3.24. The highest BCUT2D eigenvalue weighted by Crippen LogP contribution is 2.30. The van der Waals surface area contributed by atoms with Crippen LogP contribution in [-0.2, 0) is 18.4 Å². The molecule has 7 nitrogen and oxygen atoms in total. The maximum Gasteiger partial charge on any atom is 0.254 e. The van der Waals surface area contributed by atoms with E-state index in [1.54, 1.807) is 33.8 Å². The van der Waals surface area contributed by atoms with Gasteiger partial charge in [-0.05, 0) is 36.4 Å². The number of amides is 2. The third kappa shape index (κ3) is 4.20. The summed E-state index contributed by atoms with van der Waals surface area (Å²) in [5, 5.41) is 4.57. The van der Waals surface area contributed by atoms with Crippen LogP contribution in [0.3, 0.4) is 0 Å². The largest absolute Gasteiger partial charge is 0.368 e. The monoisotopic (exact) mass is 447 g/mol. The number of anilines is 1. The zero-order valence-electron chi connectivity index (χ0n) is 18.5. The Balaban J connectivity index is 1.32. The number of rotatable bonds is 3. The van der Waals surface area contributed by atoms with Crippen molar-refractivity contribution in [1.29, 1.82) is 0 Å². The first-order chi connectivity index (χ1) is 16.0. The van der Waals surface area contributed by atoms with Crippen molar-refractivity contribution in [3.8, 4) is 0 Å².